The van der Waals surface area contributed by atoms with Gasteiger partial charge in [-0.2, -0.15) is 0 Å². The van der Waals surface area contributed by atoms with Gasteiger partial charge >= 0.3 is 6.09 Å². The van der Waals surface area contributed by atoms with Gasteiger partial charge in [-0.15, -0.1) is 0 Å². The Morgan fingerprint density at radius 3 is 1.95 bits per heavy atom. The summed E-state index contributed by atoms with van der Waals surface area (Å²) in [4.78, 5) is 26.5. The summed E-state index contributed by atoms with van der Waals surface area (Å²) >= 11 is 0. The molecule has 1 unspecified atom stereocenters. The van der Waals surface area contributed by atoms with Crippen LogP contribution in [0.3, 0.4) is 0 Å². The second kappa shape index (κ2) is 14.5. The Hall–Kier alpha value is -4.04. The third-order valence-electron chi connectivity index (χ3n) is 6.11. The Bertz CT molecular complexity index is 1080. The van der Waals surface area contributed by atoms with Gasteiger partial charge in [0, 0.05) is 49.3 Å². The minimum atomic E-state index is -0.490. The number of benzene rings is 3. The van der Waals surface area contributed by atoms with Gasteiger partial charge in [-0.05, 0) is 68.8 Å². The maximum atomic E-state index is 12.0. The van der Waals surface area contributed by atoms with Crippen LogP contribution in [0.15, 0.2) is 78.9 Å². The normalized spacial score (nSPS) is 13.6. The first kappa shape index (κ1) is 27.5. The number of carbonyl (C=O) groups excluding carboxylic acids is 2. The molecule has 1 aliphatic heterocycles. The zero-order valence-electron chi connectivity index (χ0n) is 21.8. The van der Waals surface area contributed by atoms with Crippen molar-refractivity contribution < 1.29 is 14.3 Å². The Kier molecular flexibility index (Phi) is 10.8. The molecule has 0 spiro atoms. The highest BCUT2D eigenvalue weighted by Gasteiger charge is 2.17. The molecule has 8 heteroatoms. The number of amides is 2. The molecule has 0 saturated carbocycles. The van der Waals surface area contributed by atoms with Crippen molar-refractivity contribution in [3.05, 3.63) is 84.4 Å². The van der Waals surface area contributed by atoms with Crippen LogP contribution >= 0.6 is 0 Å². The van der Waals surface area contributed by atoms with Gasteiger partial charge < -0.3 is 14.5 Å². The average Bonchev–Trinajstić information content (AvgIpc) is 2.93. The lowest BCUT2D eigenvalue weighted by Crippen LogP contribution is -2.46. The van der Waals surface area contributed by atoms with Crippen LogP contribution in [0.5, 0.6) is 5.75 Å². The molecule has 3 N–H and O–H groups in total. The van der Waals surface area contributed by atoms with Crippen LogP contribution in [0, 0.1) is 6.92 Å². The van der Waals surface area contributed by atoms with Crippen molar-refractivity contribution in [3.63, 3.8) is 0 Å². The SMILES string of the molecule is CCC(C)NNC=O.Cc1ccc(N2CCN(c3ccc(NC(=O)Oc4ccccc4)cc3)CC2)cc1. The van der Waals surface area contributed by atoms with Crippen molar-refractivity contribution in [1.82, 2.24) is 10.9 Å². The number of anilines is 3. The molecule has 0 radical (unpaired) electrons. The minimum absolute atomic E-state index is 0.361. The molecule has 4 rings (SSSR count). The predicted octanol–water partition coefficient (Wildman–Crippen LogP) is 4.97. The number of nitrogens with one attached hydrogen (secondary N) is 3. The molecular weight excluding hydrogens is 466 g/mol. The largest absolute Gasteiger partial charge is 0.417 e. The summed E-state index contributed by atoms with van der Waals surface area (Å²) in [5.74, 6) is 0.521. The molecule has 1 aliphatic rings. The molecule has 2 amide bonds. The molecule has 1 heterocycles. The molecule has 1 saturated heterocycles. The molecule has 37 heavy (non-hydrogen) atoms. The minimum Gasteiger partial charge on any atom is -0.410 e. The van der Waals surface area contributed by atoms with Crippen LogP contribution in [0.25, 0.3) is 0 Å². The molecular formula is C29H37N5O3. The van der Waals surface area contributed by atoms with Gasteiger partial charge in [-0.25, -0.2) is 10.2 Å². The summed E-state index contributed by atoms with van der Waals surface area (Å²) in [5.41, 5.74) is 9.58. The average molecular weight is 504 g/mol. The van der Waals surface area contributed by atoms with Crippen LogP contribution in [-0.2, 0) is 4.79 Å². The number of hydrazine groups is 1. The number of hydrogen-bond donors (Lipinski definition) is 3. The molecule has 1 fully saturated rings. The van der Waals surface area contributed by atoms with Gasteiger partial charge in [0.15, 0.2) is 0 Å². The zero-order chi connectivity index (χ0) is 26.5. The van der Waals surface area contributed by atoms with E-state index >= 15 is 0 Å². The molecule has 196 valence electrons. The van der Waals surface area contributed by atoms with Gasteiger partial charge in [0.1, 0.15) is 5.75 Å². The fourth-order valence-electron chi connectivity index (χ4n) is 3.75. The highest BCUT2D eigenvalue weighted by molar-refractivity contribution is 5.86. The van der Waals surface area contributed by atoms with E-state index in [4.69, 9.17) is 4.74 Å². The second-order valence-electron chi connectivity index (χ2n) is 8.90. The number of carbonyl (C=O) groups is 2. The fourth-order valence-corrected chi connectivity index (χ4v) is 3.75. The third-order valence-corrected chi connectivity index (χ3v) is 6.11. The van der Waals surface area contributed by atoms with E-state index in [0.29, 0.717) is 23.9 Å². The predicted molar refractivity (Wildman–Crippen MR) is 150 cm³/mol. The number of nitrogens with zero attached hydrogens (tertiary/aromatic N) is 2. The van der Waals surface area contributed by atoms with Crippen molar-refractivity contribution >= 4 is 29.6 Å². The van der Waals surface area contributed by atoms with Gasteiger partial charge in [-0.1, -0.05) is 42.8 Å². The monoisotopic (exact) mass is 503 g/mol. The van der Waals surface area contributed by atoms with E-state index in [1.807, 2.05) is 56.3 Å². The Balaban J connectivity index is 0.000000414. The number of piperazine rings is 1. The zero-order valence-corrected chi connectivity index (χ0v) is 21.8. The lowest BCUT2D eigenvalue weighted by molar-refractivity contribution is -0.110. The molecule has 3 aromatic rings. The third kappa shape index (κ3) is 9.16. The maximum absolute atomic E-state index is 12.0. The van der Waals surface area contributed by atoms with Crippen molar-refractivity contribution in [1.29, 1.82) is 0 Å². The van der Waals surface area contributed by atoms with E-state index in [1.54, 1.807) is 12.1 Å². The van der Waals surface area contributed by atoms with E-state index in [2.05, 4.69) is 57.2 Å². The first-order valence-corrected chi connectivity index (χ1v) is 12.6. The van der Waals surface area contributed by atoms with Crippen LogP contribution in [0.1, 0.15) is 25.8 Å². The number of aryl methyl sites for hydroxylation is 1. The number of ether oxygens (including phenoxy) is 1. The van der Waals surface area contributed by atoms with Crippen LogP contribution in [-0.4, -0.2) is 44.7 Å². The van der Waals surface area contributed by atoms with Gasteiger partial charge in [0.05, 0.1) is 0 Å². The molecule has 1 atom stereocenters. The van der Waals surface area contributed by atoms with Gasteiger partial charge in [0.25, 0.3) is 0 Å². The molecule has 8 nitrogen and oxygen atoms in total. The number of rotatable bonds is 8. The van der Waals surface area contributed by atoms with Crippen LogP contribution < -0.4 is 30.7 Å². The van der Waals surface area contributed by atoms with Crippen molar-refractivity contribution in [3.8, 4) is 5.75 Å². The van der Waals surface area contributed by atoms with E-state index < -0.39 is 6.09 Å². The van der Waals surface area contributed by atoms with E-state index in [-0.39, 0.29) is 0 Å². The molecule has 0 aromatic heterocycles. The fraction of sp³-hybridized carbons (Fsp3) is 0.310. The van der Waals surface area contributed by atoms with Crippen molar-refractivity contribution in [2.75, 3.05) is 41.3 Å². The molecule has 0 bridgehead atoms. The Morgan fingerprint density at radius 1 is 0.892 bits per heavy atom. The highest BCUT2D eigenvalue weighted by atomic mass is 16.6. The van der Waals surface area contributed by atoms with Crippen LogP contribution in [0.4, 0.5) is 21.9 Å². The number of para-hydroxylation sites is 1. The Labute approximate surface area is 219 Å². The maximum Gasteiger partial charge on any atom is 0.417 e. The summed E-state index contributed by atoms with van der Waals surface area (Å²) in [6, 6.07) is 26.0. The topological polar surface area (TPSA) is 85.9 Å². The summed E-state index contributed by atoms with van der Waals surface area (Å²) in [6.45, 7) is 10.1. The quantitative estimate of drug-likeness (QED) is 0.297. The summed E-state index contributed by atoms with van der Waals surface area (Å²) in [5, 5.41) is 2.77. The molecule has 3 aromatic carbocycles. The summed E-state index contributed by atoms with van der Waals surface area (Å²) in [6.07, 6.45) is 1.16. The summed E-state index contributed by atoms with van der Waals surface area (Å²) < 4.78 is 5.26. The summed E-state index contributed by atoms with van der Waals surface area (Å²) in [7, 11) is 0. The first-order valence-electron chi connectivity index (χ1n) is 12.6. The highest BCUT2D eigenvalue weighted by Crippen LogP contribution is 2.22. The van der Waals surface area contributed by atoms with E-state index in [9.17, 15) is 9.59 Å². The lowest BCUT2D eigenvalue weighted by Gasteiger charge is -2.37. The standard InChI is InChI=1S/C24H25N3O2.C5H12N2O/c1-19-7-11-21(12-8-19)26-15-17-27(18-16-26)22-13-9-20(10-14-22)25-24(28)29-23-5-3-2-4-6-23;1-3-5(2)7-6-4-8/h2-14H,15-18H2,1H3,(H,25,28);4-5,7H,3H2,1-2H3,(H,6,8). The second-order valence-corrected chi connectivity index (χ2v) is 8.90. The molecule has 0 aliphatic carbocycles. The smallest absolute Gasteiger partial charge is 0.410 e. The van der Waals surface area contributed by atoms with Gasteiger partial charge in [0.2, 0.25) is 6.41 Å². The van der Waals surface area contributed by atoms with Crippen LogP contribution in [0.2, 0.25) is 0 Å². The Morgan fingerprint density at radius 2 is 1.43 bits per heavy atom. The van der Waals surface area contributed by atoms with Gasteiger partial charge in [-0.3, -0.25) is 15.5 Å². The first-order chi connectivity index (χ1) is 18.0. The lowest BCUT2D eigenvalue weighted by atomic mass is 10.2. The van der Waals surface area contributed by atoms with Crippen molar-refractivity contribution in [2.45, 2.75) is 33.2 Å². The number of hydrogen-bond acceptors (Lipinski definition) is 6. The van der Waals surface area contributed by atoms with E-state index in [1.165, 1.54) is 11.3 Å². The van der Waals surface area contributed by atoms with Crippen molar-refractivity contribution in [2.24, 2.45) is 0 Å². The van der Waals surface area contributed by atoms with E-state index in [0.717, 1.165) is 38.3 Å².